The maximum atomic E-state index is 5.16. The van der Waals surface area contributed by atoms with Gasteiger partial charge in [-0.2, -0.15) is 0 Å². The Bertz CT molecular complexity index is 120. The molecule has 0 bridgehead atoms. The molecular weight excluding hydrogens is 176 g/mol. The van der Waals surface area contributed by atoms with E-state index in [4.69, 9.17) is 4.74 Å². The van der Waals surface area contributed by atoms with Crippen LogP contribution in [0.25, 0.3) is 0 Å². The number of nitrogens with zero attached hydrogens (tertiary/aromatic N) is 1. The number of rotatable bonds is 9. The van der Waals surface area contributed by atoms with E-state index in [-0.39, 0.29) is 0 Å². The Balaban J connectivity index is 3.56. The first kappa shape index (κ1) is 13.9. The molecule has 0 saturated heterocycles. The van der Waals surface area contributed by atoms with Gasteiger partial charge < -0.3 is 10.1 Å². The van der Waals surface area contributed by atoms with Crippen molar-refractivity contribution in [2.24, 2.45) is 0 Å². The lowest BCUT2D eigenvalue weighted by Crippen LogP contribution is -2.37. The van der Waals surface area contributed by atoms with Gasteiger partial charge in [0.05, 0.1) is 6.61 Å². The van der Waals surface area contributed by atoms with Gasteiger partial charge in [0, 0.05) is 13.2 Å². The molecule has 1 unspecified atom stereocenters. The lowest BCUT2D eigenvalue weighted by molar-refractivity contribution is 0.101. The molecule has 0 aromatic carbocycles. The SMILES string of the molecule is CCN(CCCCNC)C(C)COC. The molecule has 0 rings (SSSR count). The smallest absolute Gasteiger partial charge is 0.0615 e. The van der Waals surface area contributed by atoms with Crippen LogP contribution in [0, 0.1) is 0 Å². The third kappa shape index (κ3) is 6.35. The number of methoxy groups -OCH3 is 1. The molecule has 86 valence electrons. The van der Waals surface area contributed by atoms with E-state index in [1.807, 2.05) is 7.05 Å². The second-order valence-corrected chi connectivity index (χ2v) is 3.74. The predicted molar refractivity (Wildman–Crippen MR) is 61.7 cm³/mol. The summed E-state index contributed by atoms with van der Waals surface area (Å²) in [6, 6.07) is 0.541. The van der Waals surface area contributed by atoms with Crippen molar-refractivity contribution in [1.29, 1.82) is 0 Å². The maximum Gasteiger partial charge on any atom is 0.0615 e. The lowest BCUT2D eigenvalue weighted by atomic mass is 10.2. The summed E-state index contributed by atoms with van der Waals surface area (Å²) in [6.07, 6.45) is 2.52. The van der Waals surface area contributed by atoms with E-state index in [9.17, 15) is 0 Å². The second-order valence-electron chi connectivity index (χ2n) is 3.74. The van der Waals surface area contributed by atoms with Crippen molar-refractivity contribution in [1.82, 2.24) is 10.2 Å². The summed E-state index contributed by atoms with van der Waals surface area (Å²) in [6.45, 7) is 8.69. The molecule has 0 fully saturated rings. The van der Waals surface area contributed by atoms with Gasteiger partial charge in [0.2, 0.25) is 0 Å². The summed E-state index contributed by atoms with van der Waals surface area (Å²) in [4.78, 5) is 2.47. The van der Waals surface area contributed by atoms with E-state index in [2.05, 4.69) is 24.1 Å². The van der Waals surface area contributed by atoms with Crippen molar-refractivity contribution in [2.75, 3.05) is 40.4 Å². The molecule has 1 N–H and O–H groups in total. The van der Waals surface area contributed by atoms with Crippen LogP contribution < -0.4 is 5.32 Å². The zero-order valence-electron chi connectivity index (χ0n) is 10.2. The number of hydrogen-bond donors (Lipinski definition) is 1. The molecule has 0 heterocycles. The van der Waals surface area contributed by atoms with Gasteiger partial charge in [0.1, 0.15) is 0 Å². The Hall–Kier alpha value is -0.120. The van der Waals surface area contributed by atoms with Crippen LogP contribution in [0.2, 0.25) is 0 Å². The summed E-state index contributed by atoms with van der Waals surface area (Å²) >= 11 is 0. The second kappa shape index (κ2) is 9.44. The number of hydrogen-bond acceptors (Lipinski definition) is 3. The van der Waals surface area contributed by atoms with Crippen molar-refractivity contribution >= 4 is 0 Å². The summed E-state index contributed by atoms with van der Waals surface area (Å²) < 4.78 is 5.16. The van der Waals surface area contributed by atoms with Crippen LogP contribution in [-0.4, -0.2) is 51.3 Å². The summed E-state index contributed by atoms with van der Waals surface area (Å²) in [5.41, 5.74) is 0. The Morgan fingerprint density at radius 1 is 1.36 bits per heavy atom. The van der Waals surface area contributed by atoms with Crippen LogP contribution in [0.4, 0.5) is 0 Å². The fraction of sp³-hybridized carbons (Fsp3) is 1.00. The van der Waals surface area contributed by atoms with Crippen LogP contribution in [0.3, 0.4) is 0 Å². The standard InChI is InChI=1S/C11H26N2O/c1-5-13(11(2)10-14-4)9-7-6-8-12-3/h11-12H,5-10H2,1-4H3. The highest BCUT2D eigenvalue weighted by Gasteiger charge is 2.10. The third-order valence-electron chi connectivity index (χ3n) is 2.56. The van der Waals surface area contributed by atoms with Crippen LogP contribution in [0.1, 0.15) is 26.7 Å². The Labute approximate surface area is 88.8 Å². The Kier molecular flexibility index (Phi) is 9.35. The summed E-state index contributed by atoms with van der Waals surface area (Å²) in [5, 5.41) is 3.17. The highest BCUT2D eigenvalue weighted by atomic mass is 16.5. The van der Waals surface area contributed by atoms with Crippen molar-refractivity contribution in [3.05, 3.63) is 0 Å². The van der Waals surface area contributed by atoms with Crippen LogP contribution >= 0.6 is 0 Å². The fourth-order valence-corrected chi connectivity index (χ4v) is 1.65. The molecule has 3 heteroatoms. The van der Waals surface area contributed by atoms with E-state index >= 15 is 0 Å². The minimum absolute atomic E-state index is 0.541. The van der Waals surface area contributed by atoms with Gasteiger partial charge in [-0.25, -0.2) is 0 Å². The van der Waals surface area contributed by atoms with Crippen molar-refractivity contribution < 1.29 is 4.74 Å². The Morgan fingerprint density at radius 3 is 2.57 bits per heavy atom. The van der Waals surface area contributed by atoms with Crippen molar-refractivity contribution in [3.63, 3.8) is 0 Å². The van der Waals surface area contributed by atoms with Gasteiger partial charge in [-0.15, -0.1) is 0 Å². The molecule has 0 amide bonds. The normalized spacial score (nSPS) is 13.5. The zero-order valence-corrected chi connectivity index (χ0v) is 10.2. The van der Waals surface area contributed by atoms with Crippen molar-refractivity contribution in [2.45, 2.75) is 32.7 Å². The van der Waals surface area contributed by atoms with Crippen LogP contribution in [-0.2, 0) is 4.74 Å². The molecule has 14 heavy (non-hydrogen) atoms. The topological polar surface area (TPSA) is 24.5 Å². The molecular formula is C11H26N2O. The van der Waals surface area contributed by atoms with Gasteiger partial charge in [-0.3, -0.25) is 4.90 Å². The molecule has 0 spiro atoms. The summed E-state index contributed by atoms with van der Waals surface area (Å²) in [7, 11) is 3.77. The lowest BCUT2D eigenvalue weighted by Gasteiger charge is -2.27. The third-order valence-corrected chi connectivity index (χ3v) is 2.56. The first-order valence-electron chi connectivity index (χ1n) is 5.63. The molecule has 3 nitrogen and oxygen atoms in total. The van der Waals surface area contributed by atoms with E-state index < -0.39 is 0 Å². The van der Waals surface area contributed by atoms with Gasteiger partial charge in [0.15, 0.2) is 0 Å². The molecule has 1 atom stereocenters. The average Bonchev–Trinajstić information content (AvgIpc) is 2.18. The molecule has 0 saturated carbocycles. The van der Waals surface area contributed by atoms with E-state index in [1.165, 1.54) is 19.4 Å². The largest absolute Gasteiger partial charge is 0.383 e. The Morgan fingerprint density at radius 2 is 2.07 bits per heavy atom. The molecule has 0 aliphatic carbocycles. The van der Waals surface area contributed by atoms with Gasteiger partial charge in [-0.05, 0) is 46.4 Å². The minimum Gasteiger partial charge on any atom is -0.383 e. The number of likely N-dealkylation sites (N-methyl/N-ethyl adjacent to an activating group) is 1. The monoisotopic (exact) mass is 202 g/mol. The number of nitrogens with one attached hydrogen (secondary N) is 1. The van der Waals surface area contributed by atoms with Crippen LogP contribution in [0.5, 0.6) is 0 Å². The molecule has 0 aliphatic rings. The van der Waals surface area contributed by atoms with Crippen LogP contribution in [0.15, 0.2) is 0 Å². The summed E-state index contributed by atoms with van der Waals surface area (Å²) in [5.74, 6) is 0. The van der Waals surface area contributed by atoms with Crippen molar-refractivity contribution in [3.8, 4) is 0 Å². The minimum atomic E-state index is 0.541. The number of ether oxygens (including phenoxy) is 1. The maximum absolute atomic E-state index is 5.16. The average molecular weight is 202 g/mol. The molecule has 0 aromatic heterocycles. The van der Waals surface area contributed by atoms with E-state index in [1.54, 1.807) is 7.11 Å². The van der Waals surface area contributed by atoms with E-state index in [0.717, 1.165) is 19.7 Å². The highest BCUT2D eigenvalue weighted by Crippen LogP contribution is 2.01. The van der Waals surface area contributed by atoms with E-state index in [0.29, 0.717) is 6.04 Å². The van der Waals surface area contributed by atoms with Gasteiger partial charge >= 0.3 is 0 Å². The van der Waals surface area contributed by atoms with Gasteiger partial charge in [-0.1, -0.05) is 6.92 Å². The first-order chi connectivity index (χ1) is 6.76. The molecule has 0 radical (unpaired) electrons. The highest BCUT2D eigenvalue weighted by molar-refractivity contribution is 4.65. The zero-order chi connectivity index (χ0) is 10.8. The molecule has 0 aromatic rings. The first-order valence-corrected chi connectivity index (χ1v) is 5.63. The quantitative estimate of drug-likeness (QED) is 0.571. The predicted octanol–water partition coefficient (Wildman–Crippen LogP) is 1.34. The fourth-order valence-electron chi connectivity index (χ4n) is 1.65. The molecule has 0 aliphatic heterocycles. The number of unbranched alkanes of at least 4 members (excludes halogenated alkanes) is 1. The van der Waals surface area contributed by atoms with Gasteiger partial charge in [0.25, 0.3) is 0 Å².